The van der Waals surface area contributed by atoms with Crippen LogP contribution in [0.2, 0.25) is 0 Å². The van der Waals surface area contributed by atoms with Crippen LogP contribution in [-0.2, 0) is 20.4 Å². The van der Waals surface area contributed by atoms with Crippen molar-refractivity contribution in [3.63, 3.8) is 0 Å². The lowest BCUT2D eigenvalue weighted by Gasteiger charge is -1.96. The normalized spacial score (nSPS) is 11.4. The van der Waals surface area contributed by atoms with Crippen molar-refractivity contribution >= 4 is 26.1 Å². The average molecular weight is 270 g/mol. The van der Waals surface area contributed by atoms with Gasteiger partial charge in [0.05, 0.1) is 4.90 Å². The summed E-state index contributed by atoms with van der Waals surface area (Å²) in [6.45, 7) is 0. The van der Waals surface area contributed by atoms with Gasteiger partial charge in [-0.05, 0) is 24.3 Å². The van der Waals surface area contributed by atoms with E-state index in [1.54, 1.807) is 0 Å². The fourth-order valence-electron chi connectivity index (χ4n) is 0.658. The zero-order chi connectivity index (χ0) is 13.0. The summed E-state index contributed by atoms with van der Waals surface area (Å²) in [6, 6.07) is 5.70. The molecule has 0 aliphatic heterocycles. The van der Waals surface area contributed by atoms with Gasteiger partial charge in [-0.2, -0.15) is 8.42 Å². The summed E-state index contributed by atoms with van der Waals surface area (Å²) in [5.41, 5.74) is 5.85. The molecule has 1 aromatic rings. The van der Waals surface area contributed by atoms with Gasteiger partial charge in [0.25, 0.3) is 0 Å². The fraction of sp³-hybridized carbons (Fsp3) is 0. The molecule has 0 atom stereocenters. The smallest absolute Gasteiger partial charge is 0.394 e. The predicted molar refractivity (Wildman–Crippen MR) is 56.4 cm³/mol. The van der Waals surface area contributed by atoms with Crippen LogP contribution in [0.3, 0.4) is 0 Å². The topological polar surface area (TPSA) is 161 Å². The average Bonchev–Trinajstić information content (AvgIpc) is 1.99. The van der Waals surface area contributed by atoms with Crippen molar-refractivity contribution in [2.45, 2.75) is 4.90 Å². The zero-order valence-electron chi connectivity index (χ0n) is 7.81. The van der Waals surface area contributed by atoms with E-state index >= 15 is 0 Å². The lowest BCUT2D eigenvalue weighted by molar-refractivity contribution is 0.381. The molecule has 0 saturated carbocycles. The van der Waals surface area contributed by atoms with Gasteiger partial charge in [0.15, 0.2) is 0 Å². The predicted octanol–water partition coefficient (Wildman–Crippen LogP) is -0.737. The van der Waals surface area contributed by atoms with Crippen LogP contribution in [0.1, 0.15) is 0 Å². The Balaban J connectivity index is 0.000000385. The van der Waals surface area contributed by atoms with Crippen LogP contribution in [0.25, 0.3) is 0 Å². The Labute approximate surface area is 92.5 Å². The van der Waals surface area contributed by atoms with Gasteiger partial charge in [0.1, 0.15) is 0 Å². The van der Waals surface area contributed by atoms with Crippen LogP contribution in [0, 0.1) is 0 Å². The van der Waals surface area contributed by atoms with Gasteiger partial charge in [-0.1, -0.05) is 0 Å². The third-order valence-electron chi connectivity index (χ3n) is 1.21. The van der Waals surface area contributed by atoms with E-state index in [1.807, 2.05) is 0 Å². The monoisotopic (exact) mass is 270 g/mol. The van der Waals surface area contributed by atoms with E-state index in [4.69, 9.17) is 28.4 Å². The molecule has 1 aromatic carbocycles. The first-order chi connectivity index (χ1) is 7.00. The number of rotatable bonds is 1. The minimum atomic E-state index is -4.67. The van der Waals surface area contributed by atoms with Crippen molar-refractivity contribution in [1.29, 1.82) is 0 Å². The summed E-state index contributed by atoms with van der Waals surface area (Å²) in [6.07, 6.45) is 0. The van der Waals surface area contributed by atoms with E-state index in [0.29, 0.717) is 5.69 Å². The first-order valence-electron chi connectivity index (χ1n) is 3.58. The van der Waals surface area contributed by atoms with Gasteiger partial charge in [-0.15, -0.1) is 0 Å². The van der Waals surface area contributed by atoms with Crippen LogP contribution in [0.4, 0.5) is 5.69 Å². The van der Waals surface area contributed by atoms with Gasteiger partial charge in [0.2, 0.25) is 10.0 Å². The molecule has 0 aliphatic carbocycles. The lowest BCUT2D eigenvalue weighted by atomic mass is 10.3. The number of nitrogens with two attached hydrogens (primary N) is 2. The molecule has 0 saturated heterocycles. The molecule has 0 fully saturated rings. The Hall–Kier alpha value is -1.20. The van der Waals surface area contributed by atoms with Crippen LogP contribution < -0.4 is 10.9 Å². The molecule has 0 aromatic heterocycles. The van der Waals surface area contributed by atoms with Crippen molar-refractivity contribution in [3.8, 4) is 0 Å². The molecule has 10 heteroatoms. The minimum absolute atomic E-state index is 0.0756. The van der Waals surface area contributed by atoms with Crippen LogP contribution in [0.5, 0.6) is 0 Å². The number of benzene rings is 1. The quantitative estimate of drug-likeness (QED) is 0.386. The molecule has 0 spiro atoms. The van der Waals surface area contributed by atoms with E-state index in [0.717, 1.165) is 0 Å². The van der Waals surface area contributed by atoms with E-state index in [-0.39, 0.29) is 4.90 Å². The Morgan fingerprint density at radius 3 is 1.50 bits per heavy atom. The standard InChI is InChI=1S/C6H8N2O2S.H2O4S/c7-5-1-3-6(4-2-5)11(8,9)10;1-5(2,3)4/h1-4H,7H2,(H2,8,9,10);(H2,1,2,3,4). The first kappa shape index (κ1) is 14.8. The highest BCUT2D eigenvalue weighted by Crippen LogP contribution is 2.08. The molecule has 8 nitrogen and oxygen atoms in total. The second kappa shape index (κ2) is 5.23. The number of hydrogen-bond acceptors (Lipinski definition) is 5. The largest absolute Gasteiger partial charge is 0.399 e. The Bertz CT molecular complexity index is 525. The summed E-state index contributed by atoms with van der Waals surface area (Å²) >= 11 is 0. The highest BCUT2D eigenvalue weighted by atomic mass is 32.3. The highest BCUT2D eigenvalue weighted by molar-refractivity contribution is 7.89. The second-order valence-corrected chi connectivity index (χ2v) is 5.02. The van der Waals surface area contributed by atoms with Crippen LogP contribution in [-0.4, -0.2) is 25.9 Å². The molecular weight excluding hydrogens is 260 g/mol. The first-order valence-corrected chi connectivity index (χ1v) is 6.52. The van der Waals surface area contributed by atoms with Crippen molar-refractivity contribution in [3.05, 3.63) is 24.3 Å². The molecule has 92 valence electrons. The molecule has 6 N–H and O–H groups in total. The molecule has 0 unspecified atom stereocenters. The van der Waals surface area contributed by atoms with E-state index < -0.39 is 20.4 Å². The molecule has 0 radical (unpaired) electrons. The summed E-state index contributed by atoms with van der Waals surface area (Å²) in [7, 11) is -8.24. The maximum absolute atomic E-state index is 10.7. The minimum Gasteiger partial charge on any atom is -0.399 e. The zero-order valence-corrected chi connectivity index (χ0v) is 9.44. The van der Waals surface area contributed by atoms with Crippen molar-refractivity contribution < 1.29 is 25.9 Å². The van der Waals surface area contributed by atoms with Gasteiger partial charge in [0, 0.05) is 5.69 Å². The van der Waals surface area contributed by atoms with Gasteiger partial charge >= 0.3 is 10.4 Å². The lowest BCUT2D eigenvalue weighted by Crippen LogP contribution is -2.11. The number of anilines is 1. The van der Waals surface area contributed by atoms with Crippen molar-refractivity contribution in [2.24, 2.45) is 5.14 Å². The summed E-state index contributed by atoms with van der Waals surface area (Å²) < 4.78 is 52.9. The van der Waals surface area contributed by atoms with Gasteiger partial charge in [-0.25, -0.2) is 13.6 Å². The van der Waals surface area contributed by atoms with Gasteiger partial charge < -0.3 is 5.73 Å². The molecule has 16 heavy (non-hydrogen) atoms. The fourth-order valence-corrected chi connectivity index (χ4v) is 1.17. The van der Waals surface area contributed by atoms with Gasteiger partial charge in [-0.3, -0.25) is 9.11 Å². The molecule has 0 bridgehead atoms. The molecule has 1 rings (SSSR count). The van der Waals surface area contributed by atoms with E-state index in [9.17, 15) is 8.42 Å². The van der Waals surface area contributed by atoms with Crippen LogP contribution in [0.15, 0.2) is 29.2 Å². The third-order valence-corrected chi connectivity index (χ3v) is 2.14. The number of hydrogen-bond donors (Lipinski definition) is 4. The number of sulfonamides is 1. The molecule has 0 heterocycles. The van der Waals surface area contributed by atoms with Crippen molar-refractivity contribution in [2.75, 3.05) is 5.73 Å². The molecule has 0 amide bonds. The number of nitrogen functional groups attached to an aromatic ring is 1. The second-order valence-electron chi connectivity index (χ2n) is 2.56. The Morgan fingerprint density at radius 1 is 0.938 bits per heavy atom. The van der Waals surface area contributed by atoms with E-state index in [1.165, 1.54) is 24.3 Å². The van der Waals surface area contributed by atoms with Crippen LogP contribution >= 0.6 is 0 Å². The Morgan fingerprint density at radius 2 is 1.25 bits per heavy atom. The summed E-state index contributed by atoms with van der Waals surface area (Å²) in [5.74, 6) is 0. The molecule has 0 aliphatic rings. The van der Waals surface area contributed by atoms with E-state index in [2.05, 4.69) is 0 Å². The number of primary sulfonamides is 1. The maximum Gasteiger partial charge on any atom is 0.394 e. The highest BCUT2D eigenvalue weighted by Gasteiger charge is 2.04. The molecular formula is C6H10N2O6S2. The Kier molecular flexibility index (Phi) is 4.83. The third kappa shape index (κ3) is 8.14. The maximum atomic E-state index is 10.7. The summed E-state index contributed by atoms with van der Waals surface area (Å²) in [5, 5.41) is 4.84. The van der Waals surface area contributed by atoms with Crippen molar-refractivity contribution in [1.82, 2.24) is 0 Å². The SMILES string of the molecule is Nc1ccc(S(N)(=O)=O)cc1.O=S(=O)(O)O. The summed E-state index contributed by atoms with van der Waals surface area (Å²) in [4.78, 5) is 0.0756.